The molecule has 0 aliphatic carbocycles. The number of rotatable bonds is 2. The molecule has 162 valence electrons. The molecule has 0 spiro atoms. The van der Waals surface area contributed by atoms with Crippen molar-refractivity contribution in [3.8, 4) is 16.9 Å². The number of carbonyl (C=O) groups excluding carboxylic acids is 1. The number of amides is 1. The molecule has 0 saturated heterocycles. The Morgan fingerprint density at radius 2 is 2.10 bits per heavy atom. The fourth-order valence-electron chi connectivity index (χ4n) is 4.31. The number of thiazole rings is 1. The van der Waals surface area contributed by atoms with E-state index >= 15 is 0 Å². The number of anilines is 2. The van der Waals surface area contributed by atoms with Crippen molar-refractivity contribution in [3.63, 3.8) is 0 Å². The molecule has 2 aromatic heterocycles. The van der Waals surface area contributed by atoms with Crippen molar-refractivity contribution in [1.82, 2.24) is 20.1 Å². The molecule has 1 atom stereocenters. The van der Waals surface area contributed by atoms with Crippen LogP contribution in [0.25, 0.3) is 11.1 Å². The summed E-state index contributed by atoms with van der Waals surface area (Å²) in [6.45, 7) is 8.78. The zero-order chi connectivity index (χ0) is 22.1. The summed E-state index contributed by atoms with van der Waals surface area (Å²) in [7, 11) is 1.94. The molecule has 1 aromatic carbocycles. The van der Waals surface area contributed by atoms with Gasteiger partial charge < -0.3 is 20.1 Å². The first-order chi connectivity index (χ1) is 14.7. The molecule has 1 unspecified atom stereocenters. The SMILES string of the molecule is Cc1nn(C)c(C)c1-c1ccc2c(c1)N(c1nc3c(s1)C(=O)NC(C)(C)C3O)CCO2. The van der Waals surface area contributed by atoms with E-state index in [1.54, 1.807) is 13.8 Å². The molecule has 9 heteroatoms. The van der Waals surface area contributed by atoms with Crippen molar-refractivity contribution in [1.29, 1.82) is 0 Å². The number of aromatic nitrogens is 3. The number of hydrogen-bond acceptors (Lipinski definition) is 7. The Kier molecular flexibility index (Phi) is 4.39. The zero-order valence-corrected chi connectivity index (χ0v) is 19.0. The summed E-state index contributed by atoms with van der Waals surface area (Å²) in [5, 5.41) is 18.8. The fraction of sp³-hybridized carbons (Fsp3) is 0.409. The molecule has 5 rings (SSSR count). The van der Waals surface area contributed by atoms with Crippen molar-refractivity contribution < 1.29 is 14.6 Å². The highest BCUT2D eigenvalue weighted by atomic mass is 32.1. The Hall–Kier alpha value is -2.91. The van der Waals surface area contributed by atoms with E-state index in [1.807, 2.05) is 30.8 Å². The smallest absolute Gasteiger partial charge is 0.263 e. The number of hydrogen-bond donors (Lipinski definition) is 2. The lowest BCUT2D eigenvalue weighted by Gasteiger charge is -2.34. The quantitative estimate of drug-likeness (QED) is 0.637. The number of ether oxygens (including phenoxy) is 1. The molecule has 8 nitrogen and oxygen atoms in total. The van der Waals surface area contributed by atoms with Crippen LogP contribution in [0.5, 0.6) is 5.75 Å². The summed E-state index contributed by atoms with van der Waals surface area (Å²) in [6, 6.07) is 6.11. The minimum absolute atomic E-state index is 0.196. The van der Waals surface area contributed by atoms with Gasteiger partial charge in [0.15, 0.2) is 5.13 Å². The van der Waals surface area contributed by atoms with Gasteiger partial charge in [0.05, 0.1) is 29.2 Å². The number of nitrogens with zero attached hydrogens (tertiary/aromatic N) is 4. The molecule has 0 saturated carbocycles. The van der Waals surface area contributed by atoms with E-state index in [0.29, 0.717) is 28.9 Å². The van der Waals surface area contributed by atoms with E-state index < -0.39 is 11.6 Å². The third kappa shape index (κ3) is 3.02. The molecule has 0 radical (unpaired) electrons. The fourth-order valence-corrected chi connectivity index (χ4v) is 5.34. The summed E-state index contributed by atoms with van der Waals surface area (Å²) in [6.07, 6.45) is -0.863. The number of carbonyl (C=O) groups is 1. The predicted molar refractivity (Wildman–Crippen MR) is 119 cm³/mol. The van der Waals surface area contributed by atoms with Gasteiger partial charge >= 0.3 is 0 Å². The van der Waals surface area contributed by atoms with Crippen LogP contribution in [-0.2, 0) is 7.05 Å². The second-order valence-corrected chi connectivity index (χ2v) is 9.62. The molecule has 1 amide bonds. The molecule has 2 aliphatic rings. The van der Waals surface area contributed by atoms with E-state index in [4.69, 9.17) is 9.72 Å². The topological polar surface area (TPSA) is 92.5 Å². The van der Waals surface area contributed by atoms with Crippen LogP contribution in [-0.4, -0.2) is 44.5 Å². The highest BCUT2D eigenvalue weighted by molar-refractivity contribution is 7.17. The van der Waals surface area contributed by atoms with Gasteiger partial charge in [0.2, 0.25) is 0 Å². The largest absolute Gasteiger partial charge is 0.490 e. The zero-order valence-electron chi connectivity index (χ0n) is 18.2. The molecule has 31 heavy (non-hydrogen) atoms. The van der Waals surface area contributed by atoms with E-state index in [-0.39, 0.29) is 5.91 Å². The van der Waals surface area contributed by atoms with Crippen molar-refractivity contribution in [2.45, 2.75) is 39.3 Å². The maximum atomic E-state index is 12.6. The number of aliphatic hydroxyl groups excluding tert-OH is 1. The lowest BCUT2D eigenvalue weighted by molar-refractivity contribution is 0.0533. The summed E-state index contributed by atoms with van der Waals surface area (Å²) in [5.74, 6) is 0.575. The lowest BCUT2D eigenvalue weighted by Crippen LogP contribution is -2.51. The maximum absolute atomic E-state index is 12.6. The van der Waals surface area contributed by atoms with Gasteiger partial charge in [-0.15, -0.1) is 0 Å². The Labute approximate surface area is 184 Å². The van der Waals surface area contributed by atoms with Gasteiger partial charge in [-0.2, -0.15) is 5.10 Å². The number of fused-ring (bicyclic) bond motifs is 2. The van der Waals surface area contributed by atoms with Gasteiger partial charge in [-0.1, -0.05) is 17.4 Å². The van der Waals surface area contributed by atoms with Crippen LogP contribution in [0, 0.1) is 13.8 Å². The molecule has 3 aromatic rings. The van der Waals surface area contributed by atoms with Crippen LogP contribution in [0.15, 0.2) is 18.2 Å². The van der Waals surface area contributed by atoms with Crippen LogP contribution in [0.2, 0.25) is 0 Å². The average Bonchev–Trinajstić information content (AvgIpc) is 3.27. The minimum atomic E-state index is -0.863. The summed E-state index contributed by atoms with van der Waals surface area (Å²) in [5.41, 5.74) is 4.79. The molecule has 2 N–H and O–H groups in total. The molecule has 0 bridgehead atoms. The second kappa shape index (κ2) is 6.80. The Bertz CT molecular complexity index is 1210. The second-order valence-electron chi connectivity index (χ2n) is 8.64. The van der Waals surface area contributed by atoms with Gasteiger partial charge in [-0.3, -0.25) is 9.48 Å². The first kappa shape index (κ1) is 20.0. The van der Waals surface area contributed by atoms with Gasteiger partial charge in [-0.25, -0.2) is 4.98 Å². The third-order valence-corrected chi connectivity index (χ3v) is 7.17. The van der Waals surface area contributed by atoms with Crippen molar-refractivity contribution in [2.24, 2.45) is 7.05 Å². The number of aryl methyl sites for hydroxylation is 2. The van der Waals surface area contributed by atoms with Crippen molar-refractivity contribution in [3.05, 3.63) is 40.2 Å². The van der Waals surface area contributed by atoms with Crippen LogP contribution < -0.4 is 15.0 Å². The highest BCUT2D eigenvalue weighted by Crippen LogP contribution is 2.44. The predicted octanol–water partition coefficient (Wildman–Crippen LogP) is 3.25. The van der Waals surface area contributed by atoms with Crippen LogP contribution in [0.3, 0.4) is 0 Å². The van der Waals surface area contributed by atoms with Gasteiger partial charge in [0.1, 0.15) is 23.3 Å². The Morgan fingerprint density at radius 3 is 2.81 bits per heavy atom. The molecule has 4 heterocycles. The number of benzene rings is 1. The van der Waals surface area contributed by atoms with E-state index in [2.05, 4.69) is 28.3 Å². The molecule has 2 aliphatic heterocycles. The Balaban J connectivity index is 1.60. The minimum Gasteiger partial charge on any atom is -0.490 e. The lowest BCUT2D eigenvalue weighted by atomic mass is 9.91. The summed E-state index contributed by atoms with van der Waals surface area (Å²) < 4.78 is 7.78. The first-order valence-corrected chi connectivity index (χ1v) is 11.1. The van der Waals surface area contributed by atoms with E-state index in [1.165, 1.54) is 11.3 Å². The van der Waals surface area contributed by atoms with Crippen molar-refractivity contribution in [2.75, 3.05) is 18.1 Å². The average molecular weight is 440 g/mol. The highest BCUT2D eigenvalue weighted by Gasteiger charge is 2.42. The molecular weight excluding hydrogens is 414 g/mol. The maximum Gasteiger partial charge on any atom is 0.263 e. The summed E-state index contributed by atoms with van der Waals surface area (Å²) in [4.78, 5) is 19.8. The monoisotopic (exact) mass is 439 g/mol. The molecule has 0 fully saturated rings. The van der Waals surface area contributed by atoms with E-state index in [0.717, 1.165) is 34.0 Å². The van der Waals surface area contributed by atoms with Crippen LogP contribution in [0.4, 0.5) is 10.8 Å². The normalized spacial score (nSPS) is 19.5. The standard InChI is InChI=1S/C22H25N5O3S/c1-11-16(12(2)26(5)25-11)13-6-7-15-14(10-13)27(8-9-30-15)21-23-17-18(31-21)20(29)24-22(3,4)19(17)28/h6-7,10,19,28H,8-9H2,1-5H3,(H,24,29). The number of nitrogens with one attached hydrogen (secondary N) is 1. The van der Waals surface area contributed by atoms with Gasteiger partial charge in [0.25, 0.3) is 5.91 Å². The molecular formula is C22H25N5O3S. The summed E-state index contributed by atoms with van der Waals surface area (Å²) >= 11 is 1.30. The first-order valence-electron chi connectivity index (χ1n) is 10.2. The van der Waals surface area contributed by atoms with Crippen LogP contribution >= 0.6 is 11.3 Å². The van der Waals surface area contributed by atoms with Gasteiger partial charge in [0, 0.05) is 18.3 Å². The number of aliphatic hydroxyl groups is 1. The van der Waals surface area contributed by atoms with E-state index in [9.17, 15) is 9.90 Å². The third-order valence-electron chi connectivity index (χ3n) is 6.08. The van der Waals surface area contributed by atoms with Crippen molar-refractivity contribution >= 4 is 28.1 Å². The van der Waals surface area contributed by atoms with Gasteiger partial charge in [-0.05, 0) is 45.4 Å². The Morgan fingerprint density at radius 1 is 1.32 bits per heavy atom. The van der Waals surface area contributed by atoms with Crippen LogP contribution in [0.1, 0.15) is 46.7 Å².